The van der Waals surface area contributed by atoms with Crippen LogP contribution in [-0.4, -0.2) is 31.7 Å². The summed E-state index contributed by atoms with van der Waals surface area (Å²) >= 11 is 0. The van der Waals surface area contributed by atoms with Crippen LogP contribution in [0.2, 0.25) is 0 Å². The molecule has 0 aromatic heterocycles. The molecule has 1 aliphatic rings. The quantitative estimate of drug-likeness (QED) is 0.324. The highest BCUT2D eigenvalue weighted by Crippen LogP contribution is 2.11. The van der Waals surface area contributed by atoms with E-state index in [0.717, 1.165) is 5.70 Å². The zero-order valence-electron chi connectivity index (χ0n) is 14.9. The summed E-state index contributed by atoms with van der Waals surface area (Å²) < 4.78 is 5.14. The molecule has 1 amide bonds. The van der Waals surface area contributed by atoms with Crippen LogP contribution in [0.4, 0.5) is 0 Å². The Kier molecular flexibility index (Phi) is 7.86. The Bertz CT molecular complexity index is 722. The van der Waals surface area contributed by atoms with E-state index in [1.807, 2.05) is 13.8 Å². The number of amides is 1. The molecule has 132 valence electrons. The fourth-order valence-electron chi connectivity index (χ4n) is 1.89. The molecule has 0 aliphatic carbocycles. The van der Waals surface area contributed by atoms with Crippen LogP contribution in [-0.2, 0) is 9.53 Å². The van der Waals surface area contributed by atoms with Gasteiger partial charge < -0.3 is 15.4 Å². The van der Waals surface area contributed by atoms with Crippen molar-refractivity contribution in [2.45, 2.75) is 13.8 Å². The smallest absolute Gasteiger partial charge is 0.259 e. The van der Waals surface area contributed by atoms with Gasteiger partial charge in [-0.15, -0.1) is 0 Å². The first kappa shape index (κ1) is 19.9. The van der Waals surface area contributed by atoms with Crippen molar-refractivity contribution in [3.63, 3.8) is 0 Å². The zero-order chi connectivity index (χ0) is 18.8. The second kappa shape index (κ2) is 9.87. The summed E-state index contributed by atoms with van der Waals surface area (Å²) in [5.74, 6) is 0.513. The number of carbonyl (C=O) groups is 1. The minimum Gasteiger partial charge on any atom is -0.481 e. The molecular weight excluding hydrogens is 316 g/mol. The molecule has 0 atom stereocenters. The van der Waals surface area contributed by atoms with Crippen molar-refractivity contribution in [3.05, 3.63) is 72.4 Å². The molecule has 0 unspecified atom stereocenters. The average Bonchev–Trinajstić information content (AvgIpc) is 2.58. The lowest BCUT2D eigenvalue weighted by Crippen LogP contribution is -2.26. The monoisotopic (exact) mass is 340 g/mol. The highest BCUT2D eigenvalue weighted by Gasteiger charge is 2.14. The van der Waals surface area contributed by atoms with Crippen LogP contribution < -0.4 is 10.6 Å². The Morgan fingerprint density at radius 1 is 1.44 bits per heavy atom. The summed E-state index contributed by atoms with van der Waals surface area (Å²) in [5, 5.41) is 5.71. The van der Waals surface area contributed by atoms with Crippen molar-refractivity contribution in [2.75, 3.05) is 13.7 Å². The van der Waals surface area contributed by atoms with Gasteiger partial charge in [0.25, 0.3) is 5.91 Å². The summed E-state index contributed by atoms with van der Waals surface area (Å²) in [7, 11) is 1.53. The van der Waals surface area contributed by atoms with Crippen LogP contribution in [0.5, 0.6) is 0 Å². The molecule has 0 spiro atoms. The van der Waals surface area contributed by atoms with Gasteiger partial charge in [-0.3, -0.25) is 9.79 Å². The van der Waals surface area contributed by atoms with Gasteiger partial charge in [-0.1, -0.05) is 25.8 Å². The molecule has 6 heteroatoms. The summed E-state index contributed by atoms with van der Waals surface area (Å²) in [4.78, 5) is 20.7. The van der Waals surface area contributed by atoms with Crippen LogP contribution in [0, 0.1) is 0 Å². The largest absolute Gasteiger partial charge is 0.481 e. The normalized spacial score (nSPS) is 16.0. The molecule has 25 heavy (non-hydrogen) atoms. The second-order valence-electron chi connectivity index (χ2n) is 5.04. The van der Waals surface area contributed by atoms with E-state index in [-0.39, 0.29) is 5.91 Å². The highest BCUT2D eigenvalue weighted by molar-refractivity contribution is 5.99. The first-order chi connectivity index (χ1) is 11.9. The van der Waals surface area contributed by atoms with Crippen molar-refractivity contribution >= 4 is 18.0 Å². The van der Waals surface area contributed by atoms with Crippen molar-refractivity contribution in [1.29, 1.82) is 0 Å². The van der Waals surface area contributed by atoms with Gasteiger partial charge in [0.2, 0.25) is 5.90 Å². The van der Waals surface area contributed by atoms with Crippen LogP contribution in [0.25, 0.3) is 0 Å². The Balaban J connectivity index is 2.79. The lowest BCUT2D eigenvalue weighted by molar-refractivity contribution is -0.116. The Morgan fingerprint density at radius 3 is 2.72 bits per heavy atom. The molecule has 0 saturated heterocycles. The van der Waals surface area contributed by atoms with Gasteiger partial charge in [-0.2, -0.15) is 0 Å². The molecule has 0 aromatic rings. The van der Waals surface area contributed by atoms with Gasteiger partial charge in [0, 0.05) is 29.7 Å². The van der Waals surface area contributed by atoms with Gasteiger partial charge >= 0.3 is 0 Å². The third-order valence-electron chi connectivity index (χ3n) is 3.08. The Morgan fingerprint density at radius 2 is 2.16 bits per heavy atom. The van der Waals surface area contributed by atoms with E-state index in [1.54, 1.807) is 24.4 Å². The fraction of sp³-hybridized carbons (Fsp3) is 0.211. The maximum absolute atomic E-state index is 12.4. The van der Waals surface area contributed by atoms with Gasteiger partial charge in [0.1, 0.15) is 5.82 Å². The molecule has 0 saturated carbocycles. The van der Waals surface area contributed by atoms with E-state index in [9.17, 15) is 4.79 Å². The predicted octanol–water partition coefficient (Wildman–Crippen LogP) is 2.77. The number of nitrogens with one attached hydrogen (secondary N) is 2. The van der Waals surface area contributed by atoms with E-state index < -0.39 is 0 Å². The topological polar surface area (TPSA) is 75.1 Å². The van der Waals surface area contributed by atoms with Crippen molar-refractivity contribution < 1.29 is 9.53 Å². The number of hydrogen-bond acceptors (Lipinski definition) is 5. The zero-order valence-corrected chi connectivity index (χ0v) is 14.9. The van der Waals surface area contributed by atoms with E-state index in [1.165, 1.54) is 13.2 Å². The summed E-state index contributed by atoms with van der Waals surface area (Å²) in [6.45, 7) is 15.7. The summed E-state index contributed by atoms with van der Waals surface area (Å²) in [6.07, 6.45) is 8.17. The van der Waals surface area contributed by atoms with Crippen LogP contribution in [0.3, 0.4) is 0 Å². The van der Waals surface area contributed by atoms with Crippen LogP contribution >= 0.6 is 0 Å². The maximum atomic E-state index is 12.4. The maximum Gasteiger partial charge on any atom is 0.259 e. The number of methoxy groups -OCH3 is 1. The first-order valence-electron chi connectivity index (χ1n) is 7.73. The number of carbonyl (C=O) groups excluding carboxylic acids is 1. The third-order valence-corrected chi connectivity index (χ3v) is 3.08. The second-order valence-corrected chi connectivity index (χ2v) is 5.04. The number of nitrogens with zero attached hydrogens (tertiary/aromatic N) is 2. The number of hydrogen-bond donors (Lipinski definition) is 2. The van der Waals surface area contributed by atoms with Crippen molar-refractivity contribution in [3.8, 4) is 0 Å². The van der Waals surface area contributed by atoms with Crippen LogP contribution in [0.15, 0.2) is 82.4 Å². The number of aliphatic imine (C=N–C) groups is 2. The SMILES string of the molecule is C=C/C(C(=O)NC(=C)/C=C\C(=C)C(=NCC)OC)=C1/N=CC=C(C)N1. The van der Waals surface area contributed by atoms with E-state index in [0.29, 0.717) is 35.1 Å². The van der Waals surface area contributed by atoms with Gasteiger partial charge in [0.15, 0.2) is 0 Å². The molecule has 0 radical (unpaired) electrons. The standard InChI is InChI=1S/C19H24N4O2/c1-7-16(17-21-12-11-15(5)22-17)18(24)23-14(4)10-9-13(3)19(25-6)20-8-2/h7,9-12,22H,1,3-4,8H2,2,5-6H3,(H,23,24)/b10-9-,17-16+,20-19?. The highest BCUT2D eigenvalue weighted by atomic mass is 16.5. The number of rotatable bonds is 7. The molecule has 1 rings (SSSR count). The number of allylic oxidation sites excluding steroid dienone is 3. The van der Waals surface area contributed by atoms with Crippen molar-refractivity contribution in [2.24, 2.45) is 9.98 Å². The lowest BCUT2D eigenvalue weighted by Gasteiger charge is -2.14. The lowest BCUT2D eigenvalue weighted by atomic mass is 10.2. The van der Waals surface area contributed by atoms with Gasteiger partial charge in [0.05, 0.1) is 12.7 Å². The molecule has 1 heterocycles. The fourth-order valence-corrected chi connectivity index (χ4v) is 1.89. The minimum atomic E-state index is -0.362. The average molecular weight is 340 g/mol. The molecular formula is C19H24N4O2. The summed E-state index contributed by atoms with van der Waals surface area (Å²) in [5.41, 5.74) is 2.18. The number of ether oxygens (including phenoxy) is 1. The first-order valence-corrected chi connectivity index (χ1v) is 7.73. The summed E-state index contributed by atoms with van der Waals surface area (Å²) in [6, 6.07) is 0. The molecule has 2 N–H and O–H groups in total. The molecule has 0 bridgehead atoms. The van der Waals surface area contributed by atoms with Crippen molar-refractivity contribution in [1.82, 2.24) is 10.6 Å². The molecule has 1 aliphatic heterocycles. The Hall–Kier alpha value is -3.15. The third kappa shape index (κ3) is 6.10. The minimum absolute atomic E-state index is 0.321. The van der Waals surface area contributed by atoms with Crippen LogP contribution in [0.1, 0.15) is 13.8 Å². The molecule has 0 fully saturated rings. The van der Waals surface area contributed by atoms with E-state index >= 15 is 0 Å². The van der Waals surface area contributed by atoms with E-state index in [2.05, 4.69) is 40.4 Å². The van der Waals surface area contributed by atoms with E-state index in [4.69, 9.17) is 4.74 Å². The van der Waals surface area contributed by atoms with Gasteiger partial charge in [-0.25, -0.2) is 4.99 Å². The van der Waals surface area contributed by atoms with Gasteiger partial charge in [-0.05, 0) is 32.1 Å². The Labute approximate surface area is 148 Å². The molecule has 0 aromatic carbocycles. The molecule has 6 nitrogen and oxygen atoms in total. The predicted molar refractivity (Wildman–Crippen MR) is 103 cm³/mol.